The second kappa shape index (κ2) is 5.14. The summed E-state index contributed by atoms with van der Waals surface area (Å²) in [7, 11) is 0. The molecule has 0 radical (unpaired) electrons. The first-order valence-corrected chi connectivity index (χ1v) is 5.81. The normalized spacial score (nSPS) is 10.7. The van der Waals surface area contributed by atoms with E-state index in [0.717, 1.165) is 22.4 Å². The van der Waals surface area contributed by atoms with Gasteiger partial charge in [-0.2, -0.15) is 0 Å². The van der Waals surface area contributed by atoms with Crippen LogP contribution in [0.15, 0.2) is 12.1 Å². The molecular weight excluding hydrogens is 226 g/mol. The van der Waals surface area contributed by atoms with Crippen molar-refractivity contribution >= 4 is 11.8 Å². The highest BCUT2D eigenvalue weighted by atomic mass is 16.6. The van der Waals surface area contributed by atoms with Crippen molar-refractivity contribution in [2.24, 2.45) is 0 Å². The number of ether oxygens (including phenoxy) is 1. The van der Waals surface area contributed by atoms with Crippen LogP contribution in [0.25, 0.3) is 0 Å². The van der Waals surface area contributed by atoms with E-state index in [1.54, 1.807) is 6.07 Å². The Morgan fingerprint density at radius 3 is 2.39 bits per heavy atom. The maximum absolute atomic E-state index is 11.7. The number of amides is 1. The van der Waals surface area contributed by atoms with Crippen molar-refractivity contribution < 1.29 is 9.53 Å². The van der Waals surface area contributed by atoms with Crippen LogP contribution in [-0.2, 0) is 4.74 Å². The molecule has 0 saturated heterocycles. The molecule has 18 heavy (non-hydrogen) atoms. The average Bonchev–Trinajstić information content (AvgIpc) is 2.22. The SMILES string of the molecule is C#Cc1ccc(NC(=O)OC(C)(C)C)c(C)c1C. The van der Waals surface area contributed by atoms with E-state index in [1.807, 2.05) is 40.7 Å². The highest BCUT2D eigenvalue weighted by Crippen LogP contribution is 2.22. The Morgan fingerprint density at radius 2 is 1.89 bits per heavy atom. The minimum atomic E-state index is -0.508. The summed E-state index contributed by atoms with van der Waals surface area (Å²) in [5.74, 6) is 2.61. The van der Waals surface area contributed by atoms with Gasteiger partial charge in [0.2, 0.25) is 0 Å². The van der Waals surface area contributed by atoms with Gasteiger partial charge in [-0.3, -0.25) is 5.32 Å². The van der Waals surface area contributed by atoms with E-state index < -0.39 is 11.7 Å². The summed E-state index contributed by atoms with van der Waals surface area (Å²) in [5.41, 5.74) is 3.00. The topological polar surface area (TPSA) is 38.3 Å². The van der Waals surface area contributed by atoms with E-state index in [0.29, 0.717) is 0 Å². The number of terminal acetylenes is 1. The number of benzene rings is 1. The molecule has 1 N–H and O–H groups in total. The molecule has 0 aliphatic rings. The first kappa shape index (κ1) is 14.1. The maximum atomic E-state index is 11.7. The first-order chi connectivity index (χ1) is 8.24. The van der Waals surface area contributed by atoms with Crippen molar-refractivity contribution in [3.05, 3.63) is 28.8 Å². The lowest BCUT2D eigenvalue weighted by molar-refractivity contribution is 0.0636. The number of rotatable bonds is 1. The summed E-state index contributed by atoms with van der Waals surface area (Å²) in [6, 6.07) is 3.61. The largest absolute Gasteiger partial charge is 0.444 e. The molecule has 3 heteroatoms. The van der Waals surface area contributed by atoms with E-state index >= 15 is 0 Å². The van der Waals surface area contributed by atoms with Gasteiger partial charge in [0.25, 0.3) is 0 Å². The highest BCUT2D eigenvalue weighted by molar-refractivity contribution is 5.86. The fourth-order valence-electron chi connectivity index (χ4n) is 1.53. The molecule has 0 spiro atoms. The predicted molar refractivity (Wildman–Crippen MR) is 73.7 cm³/mol. The predicted octanol–water partition coefficient (Wildman–Crippen LogP) is 3.63. The molecule has 0 aromatic heterocycles. The Hall–Kier alpha value is -1.95. The third kappa shape index (κ3) is 3.53. The van der Waals surface area contributed by atoms with Crippen LogP contribution >= 0.6 is 0 Å². The van der Waals surface area contributed by atoms with Gasteiger partial charge < -0.3 is 4.74 Å². The molecule has 0 fully saturated rings. The number of carbonyl (C=O) groups is 1. The third-order valence-electron chi connectivity index (χ3n) is 2.58. The van der Waals surface area contributed by atoms with Gasteiger partial charge in [-0.15, -0.1) is 6.42 Å². The second-order valence-corrected chi connectivity index (χ2v) is 5.18. The van der Waals surface area contributed by atoms with Crippen LogP contribution < -0.4 is 5.32 Å². The Balaban J connectivity index is 2.91. The molecule has 1 amide bonds. The van der Waals surface area contributed by atoms with Gasteiger partial charge in [-0.05, 0) is 57.9 Å². The molecule has 0 unspecified atom stereocenters. The van der Waals surface area contributed by atoms with Crippen LogP contribution in [0, 0.1) is 26.2 Å². The zero-order valence-corrected chi connectivity index (χ0v) is 11.5. The summed E-state index contributed by atoms with van der Waals surface area (Å²) in [6.45, 7) is 9.33. The Kier molecular flexibility index (Phi) is 4.03. The average molecular weight is 245 g/mol. The number of carbonyl (C=O) groups excluding carboxylic acids is 1. The van der Waals surface area contributed by atoms with Crippen LogP contribution in [-0.4, -0.2) is 11.7 Å². The minimum absolute atomic E-state index is 0.460. The molecule has 0 saturated carbocycles. The zero-order valence-electron chi connectivity index (χ0n) is 11.5. The monoisotopic (exact) mass is 245 g/mol. The molecule has 0 heterocycles. The molecule has 0 aliphatic heterocycles. The van der Waals surface area contributed by atoms with Crippen molar-refractivity contribution in [2.75, 3.05) is 5.32 Å². The van der Waals surface area contributed by atoms with Gasteiger partial charge in [-0.1, -0.05) is 5.92 Å². The first-order valence-electron chi connectivity index (χ1n) is 5.81. The summed E-state index contributed by atoms with van der Waals surface area (Å²) >= 11 is 0. The van der Waals surface area contributed by atoms with Gasteiger partial charge in [0, 0.05) is 11.3 Å². The summed E-state index contributed by atoms with van der Waals surface area (Å²) in [4.78, 5) is 11.7. The number of nitrogens with one attached hydrogen (secondary N) is 1. The lowest BCUT2D eigenvalue weighted by atomic mass is 10.0. The second-order valence-electron chi connectivity index (χ2n) is 5.18. The van der Waals surface area contributed by atoms with Crippen molar-refractivity contribution in [1.29, 1.82) is 0 Å². The molecular formula is C15H19NO2. The van der Waals surface area contributed by atoms with E-state index in [4.69, 9.17) is 11.2 Å². The molecule has 3 nitrogen and oxygen atoms in total. The Bertz CT molecular complexity index is 504. The lowest BCUT2D eigenvalue weighted by Gasteiger charge is -2.20. The summed E-state index contributed by atoms with van der Waals surface area (Å²) in [5, 5.41) is 2.73. The smallest absolute Gasteiger partial charge is 0.412 e. The Morgan fingerprint density at radius 1 is 1.28 bits per heavy atom. The minimum Gasteiger partial charge on any atom is -0.444 e. The van der Waals surface area contributed by atoms with Gasteiger partial charge in [0.05, 0.1) is 0 Å². The van der Waals surface area contributed by atoms with Crippen LogP contribution in [0.1, 0.15) is 37.5 Å². The third-order valence-corrected chi connectivity index (χ3v) is 2.58. The molecule has 1 rings (SSSR count). The molecule has 0 atom stereocenters. The van der Waals surface area contributed by atoms with E-state index in [-0.39, 0.29) is 0 Å². The summed E-state index contributed by atoms with van der Waals surface area (Å²) < 4.78 is 5.20. The molecule has 1 aromatic carbocycles. The molecule has 1 aromatic rings. The molecule has 0 bridgehead atoms. The van der Waals surface area contributed by atoms with Gasteiger partial charge in [-0.25, -0.2) is 4.79 Å². The Labute approximate surface area is 109 Å². The van der Waals surface area contributed by atoms with Crippen LogP contribution in [0.2, 0.25) is 0 Å². The molecule has 0 aliphatic carbocycles. The van der Waals surface area contributed by atoms with E-state index in [9.17, 15) is 4.79 Å². The lowest BCUT2D eigenvalue weighted by Crippen LogP contribution is -2.27. The number of hydrogen-bond acceptors (Lipinski definition) is 2. The van der Waals surface area contributed by atoms with E-state index in [1.165, 1.54) is 0 Å². The quantitative estimate of drug-likeness (QED) is 0.767. The molecule has 96 valence electrons. The highest BCUT2D eigenvalue weighted by Gasteiger charge is 2.17. The van der Waals surface area contributed by atoms with Crippen LogP contribution in [0.3, 0.4) is 0 Å². The zero-order chi connectivity index (χ0) is 13.9. The van der Waals surface area contributed by atoms with Crippen LogP contribution in [0.4, 0.5) is 10.5 Å². The van der Waals surface area contributed by atoms with E-state index in [2.05, 4.69) is 11.2 Å². The van der Waals surface area contributed by atoms with Crippen molar-refractivity contribution in [2.45, 2.75) is 40.2 Å². The van der Waals surface area contributed by atoms with Gasteiger partial charge in [0.15, 0.2) is 0 Å². The standard InChI is InChI=1S/C15H19NO2/c1-7-12-8-9-13(11(3)10(12)2)16-14(17)18-15(4,5)6/h1,8-9H,2-6H3,(H,16,17). The summed E-state index contributed by atoms with van der Waals surface area (Å²) in [6.07, 6.45) is 4.93. The maximum Gasteiger partial charge on any atom is 0.412 e. The van der Waals surface area contributed by atoms with Crippen LogP contribution in [0.5, 0.6) is 0 Å². The van der Waals surface area contributed by atoms with Crippen molar-refractivity contribution in [3.8, 4) is 12.3 Å². The van der Waals surface area contributed by atoms with Gasteiger partial charge >= 0.3 is 6.09 Å². The fourth-order valence-corrected chi connectivity index (χ4v) is 1.53. The van der Waals surface area contributed by atoms with Crippen molar-refractivity contribution in [3.63, 3.8) is 0 Å². The van der Waals surface area contributed by atoms with Crippen molar-refractivity contribution in [1.82, 2.24) is 0 Å². The number of anilines is 1. The number of hydrogen-bond donors (Lipinski definition) is 1. The van der Waals surface area contributed by atoms with Gasteiger partial charge in [0.1, 0.15) is 5.60 Å². The fraction of sp³-hybridized carbons (Fsp3) is 0.400.